The Morgan fingerprint density at radius 1 is 1.24 bits per heavy atom. The van der Waals surface area contributed by atoms with Crippen LogP contribution in [0.2, 0.25) is 0 Å². The highest BCUT2D eigenvalue weighted by atomic mass is 15.1. The average Bonchev–Trinajstić information content (AvgIpc) is 2.91. The summed E-state index contributed by atoms with van der Waals surface area (Å²) in [7, 11) is 4.29. The van der Waals surface area contributed by atoms with Crippen LogP contribution >= 0.6 is 0 Å². The lowest BCUT2D eigenvalue weighted by atomic mass is 10.0. The van der Waals surface area contributed by atoms with E-state index in [1.807, 2.05) is 7.05 Å². The number of aromatic nitrogens is 1. The smallest absolute Gasteiger partial charge is 0.0483 e. The second-order valence-electron chi connectivity index (χ2n) is 6.31. The number of nitrogens with one attached hydrogen (secondary N) is 1. The molecule has 1 aliphatic rings. The Labute approximate surface area is 127 Å². The molecule has 1 fully saturated rings. The van der Waals surface area contributed by atoms with Crippen LogP contribution in [0, 0.1) is 0 Å². The first kappa shape index (κ1) is 14.6. The molecule has 1 saturated heterocycles. The number of rotatable bonds is 5. The molecule has 3 nitrogen and oxygen atoms in total. The number of likely N-dealkylation sites (tertiary alicyclic amines) is 1. The van der Waals surface area contributed by atoms with E-state index in [1.54, 1.807) is 0 Å². The molecule has 1 aromatic carbocycles. The Morgan fingerprint density at radius 2 is 2.14 bits per heavy atom. The van der Waals surface area contributed by atoms with E-state index in [4.69, 9.17) is 0 Å². The van der Waals surface area contributed by atoms with Crippen LogP contribution in [0.15, 0.2) is 30.5 Å². The fraction of sp³-hybridized carbons (Fsp3) is 0.556. The highest BCUT2D eigenvalue weighted by Gasteiger charge is 2.18. The Kier molecular flexibility index (Phi) is 4.61. The molecule has 1 N–H and O–H groups in total. The molecule has 0 saturated carbocycles. The fourth-order valence-electron chi connectivity index (χ4n) is 3.62. The molecule has 0 aliphatic carbocycles. The van der Waals surface area contributed by atoms with Crippen LogP contribution in [0.1, 0.15) is 31.2 Å². The molecule has 21 heavy (non-hydrogen) atoms. The van der Waals surface area contributed by atoms with Gasteiger partial charge in [-0.05, 0) is 57.6 Å². The van der Waals surface area contributed by atoms with Gasteiger partial charge in [0.1, 0.15) is 0 Å². The van der Waals surface area contributed by atoms with E-state index < -0.39 is 0 Å². The van der Waals surface area contributed by atoms with Crippen molar-refractivity contribution < 1.29 is 0 Å². The lowest BCUT2D eigenvalue weighted by Crippen LogP contribution is -2.36. The second kappa shape index (κ2) is 6.63. The summed E-state index contributed by atoms with van der Waals surface area (Å²) in [5, 5.41) is 4.65. The van der Waals surface area contributed by atoms with E-state index in [1.165, 1.54) is 48.7 Å². The van der Waals surface area contributed by atoms with Crippen LogP contribution in [0.4, 0.5) is 0 Å². The number of aryl methyl sites for hydroxylation is 1. The fourth-order valence-corrected chi connectivity index (χ4v) is 3.62. The molecule has 3 rings (SSSR count). The van der Waals surface area contributed by atoms with Crippen LogP contribution in [0.3, 0.4) is 0 Å². The summed E-state index contributed by atoms with van der Waals surface area (Å²) in [6.45, 7) is 3.33. The van der Waals surface area contributed by atoms with Gasteiger partial charge in [-0.2, -0.15) is 0 Å². The van der Waals surface area contributed by atoms with E-state index in [-0.39, 0.29) is 0 Å². The van der Waals surface area contributed by atoms with Crippen molar-refractivity contribution in [2.24, 2.45) is 0 Å². The van der Waals surface area contributed by atoms with Gasteiger partial charge in [-0.1, -0.05) is 18.6 Å². The van der Waals surface area contributed by atoms with E-state index in [0.29, 0.717) is 0 Å². The third-order valence-corrected chi connectivity index (χ3v) is 4.90. The van der Waals surface area contributed by atoms with Gasteiger partial charge < -0.3 is 14.8 Å². The van der Waals surface area contributed by atoms with Crippen molar-refractivity contribution in [2.45, 2.75) is 44.8 Å². The van der Waals surface area contributed by atoms with Gasteiger partial charge in [0.05, 0.1) is 0 Å². The van der Waals surface area contributed by atoms with Gasteiger partial charge in [0.25, 0.3) is 0 Å². The van der Waals surface area contributed by atoms with Gasteiger partial charge in [-0.3, -0.25) is 0 Å². The van der Waals surface area contributed by atoms with Gasteiger partial charge in [0.2, 0.25) is 0 Å². The first-order chi connectivity index (χ1) is 10.3. The van der Waals surface area contributed by atoms with Crippen molar-refractivity contribution in [1.82, 2.24) is 14.8 Å². The molecule has 1 unspecified atom stereocenters. The minimum atomic E-state index is 0.761. The third kappa shape index (κ3) is 3.14. The normalized spacial score (nSPS) is 20.2. The molecule has 0 bridgehead atoms. The number of benzene rings is 1. The monoisotopic (exact) mass is 285 g/mol. The predicted molar refractivity (Wildman–Crippen MR) is 89.6 cm³/mol. The van der Waals surface area contributed by atoms with Crippen LogP contribution in [0.5, 0.6) is 0 Å². The molecular formula is C18H27N3. The SMILES string of the molecule is CNCc1cccc2c1ccn2CCC1CCCCN1C. The Bertz CT molecular complexity index is 587. The number of nitrogens with zero attached hydrogens (tertiary/aromatic N) is 2. The molecule has 3 heteroatoms. The Hall–Kier alpha value is -1.32. The van der Waals surface area contributed by atoms with Gasteiger partial charge in [-0.25, -0.2) is 0 Å². The number of piperidine rings is 1. The molecule has 0 spiro atoms. The third-order valence-electron chi connectivity index (χ3n) is 4.90. The number of hydrogen-bond donors (Lipinski definition) is 1. The maximum Gasteiger partial charge on any atom is 0.0483 e. The first-order valence-corrected chi connectivity index (χ1v) is 8.21. The van der Waals surface area contributed by atoms with Gasteiger partial charge in [0, 0.05) is 36.2 Å². The summed E-state index contributed by atoms with van der Waals surface area (Å²) in [6.07, 6.45) is 7.64. The van der Waals surface area contributed by atoms with Crippen molar-refractivity contribution in [3.05, 3.63) is 36.0 Å². The van der Waals surface area contributed by atoms with Crippen LogP contribution < -0.4 is 5.32 Å². The van der Waals surface area contributed by atoms with Gasteiger partial charge in [-0.15, -0.1) is 0 Å². The quantitative estimate of drug-likeness (QED) is 0.910. The molecule has 0 amide bonds. The highest BCUT2D eigenvalue weighted by Crippen LogP contribution is 2.23. The topological polar surface area (TPSA) is 20.2 Å². The largest absolute Gasteiger partial charge is 0.347 e. The number of fused-ring (bicyclic) bond motifs is 1. The molecule has 2 heterocycles. The van der Waals surface area contributed by atoms with Crippen molar-refractivity contribution in [2.75, 3.05) is 20.6 Å². The van der Waals surface area contributed by atoms with E-state index in [9.17, 15) is 0 Å². The molecule has 114 valence electrons. The zero-order valence-electron chi connectivity index (χ0n) is 13.3. The van der Waals surface area contributed by atoms with Crippen molar-refractivity contribution in [3.8, 4) is 0 Å². The highest BCUT2D eigenvalue weighted by molar-refractivity contribution is 5.83. The summed E-state index contributed by atoms with van der Waals surface area (Å²) in [6, 6.07) is 9.68. The van der Waals surface area contributed by atoms with Crippen molar-refractivity contribution >= 4 is 10.9 Å². The van der Waals surface area contributed by atoms with Crippen LogP contribution in [-0.4, -0.2) is 36.1 Å². The van der Waals surface area contributed by atoms with Crippen molar-refractivity contribution in [3.63, 3.8) is 0 Å². The zero-order chi connectivity index (χ0) is 14.7. The second-order valence-corrected chi connectivity index (χ2v) is 6.31. The molecule has 1 atom stereocenters. The van der Waals surface area contributed by atoms with Crippen molar-refractivity contribution in [1.29, 1.82) is 0 Å². The maximum absolute atomic E-state index is 3.26. The molecule has 0 radical (unpaired) electrons. The van der Waals surface area contributed by atoms with Crippen LogP contribution in [0.25, 0.3) is 10.9 Å². The zero-order valence-corrected chi connectivity index (χ0v) is 13.3. The molecule has 2 aromatic rings. The predicted octanol–water partition coefficient (Wildman–Crippen LogP) is 3.24. The van der Waals surface area contributed by atoms with E-state index >= 15 is 0 Å². The summed E-state index contributed by atoms with van der Waals surface area (Å²) >= 11 is 0. The lowest BCUT2D eigenvalue weighted by molar-refractivity contribution is 0.171. The molecule has 1 aromatic heterocycles. The summed E-state index contributed by atoms with van der Waals surface area (Å²) in [4.78, 5) is 2.54. The lowest BCUT2D eigenvalue weighted by Gasteiger charge is -2.32. The van der Waals surface area contributed by atoms with Gasteiger partial charge in [0.15, 0.2) is 0 Å². The Balaban J connectivity index is 1.74. The minimum absolute atomic E-state index is 0.761. The van der Waals surface area contributed by atoms with E-state index in [2.05, 4.69) is 52.3 Å². The minimum Gasteiger partial charge on any atom is -0.347 e. The molecule has 1 aliphatic heterocycles. The summed E-state index contributed by atoms with van der Waals surface area (Å²) in [5.74, 6) is 0. The number of hydrogen-bond acceptors (Lipinski definition) is 2. The summed E-state index contributed by atoms with van der Waals surface area (Å²) < 4.78 is 2.43. The maximum atomic E-state index is 3.26. The van der Waals surface area contributed by atoms with Gasteiger partial charge >= 0.3 is 0 Å². The van der Waals surface area contributed by atoms with E-state index in [0.717, 1.165) is 19.1 Å². The van der Waals surface area contributed by atoms with Crippen LogP contribution in [-0.2, 0) is 13.1 Å². The molecular weight excluding hydrogens is 258 g/mol. The first-order valence-electron chi connectivity index (χ1n) is 8.21. The average molecular weight is 285 g/mol. The Morgan fingerprint density at radius 3 is 2.95 bits per heavy atom. The standard InChI is InChI=1S/C18H27N3/c1-19-14-15-6-5-8-18-17(15)10-13-21(18)12-9-16-7-3-4-11-20(16)2/h5-6,8,10,13,16,19H,3-4,7,9,11-12,14H2,1-2H3. The summed E-state index contributed by atoms with van der Waals surface area (Å²) in [5.41, 5.74) is 2.77.